The van der Waals surface area contributed by atoms with Gasteiger partial charge in [0.1, 0.15) is 5.75 Å². The van der Waals surface area contributed by atoms with E-state index in [0.717, 1.165) is 0 Å². The van der Waals surface area contributed by atoms with Crippen LogP contribution in [0.4, 0.5) is 0 Å². The lowest BCUT2D eigenvalue weighted by atomic mass is 10.1. The van der Waals surface area contributed by atoms with Crippen LogP contribution in [0.1, 0.15) is 10.4 Å². The van der Waals surface area contributed by atoms with E-state index in [2.05, 4.69) is 0 Å². The van der Waals surface area contributed by atoms with Crippen molar-refractivity contribution in [1.29, 1.82) is 0 Å². The largest absolute Gasteiger partial charge is 0.496 e. The van der Waals surface area contributed by atoms with Crippen molar-refractivity contribution in [2.45, 2.75) is 6.04 Å². The molecule has 104 valence electrons. The van der Waals surface area contributed by atoms with Crippen molar-refractivity contribution in [3.8, 4) is 5.75 Å². The standard InChI is InChI=1S/C14H19NO4/c1-18-14-5-3-2-4-12(14)13(17)8-15-6-7-19-10-11(15)9-16/h2-5,11,16H,6-10H2,1H3. The monoisotopic (exact) mass is 265 g/mol. The van der Waals surface area contributed by atoms with Gasteiger partial charge in [0.2, 0.25) is 0 Å². The molecule has 5 heteroatoms. The van der Waals surface area contributed by atoms with Gasteiger partial charge in [-0.15, -0.1) is 0 Å². The molecule has 0 amide bonds. The number of morpholine rings is 1. The number of nitrogens with zero attached hydrogens (tertiary/aromatic N) is 1. The van der Waals surface area contributed by atoms with Gasteiger partial charge in [-0.3, -0.25) is 9.69 Å². The Kier molecular flexibility index (Phi) is 4.90. The van der Waals surface area contributed by atoms with Crippen LogP contribution >= 0.6 is 0 Å². The third-order valence-electron chi connectivity index (χ3n) is 3.31. The van der Waals surface area contributed by atoms with E-state index in [1.807, 2.05) is 17.0 Å². The van der Waals surface area contributed by atoms with Crippen LogP contribution < -0.4 is 4.74 Å². The Morgan fingerprint density at radius 3 is 3.05 bits per heavy atom. The number of benzene rings is 1. The lowest BCUT2D eigenvalue weighted by Crippen LogP contribution is -2.49. The fraction of sp³-hybridized carbons (Fsp3) is 0.500. The summed E-state index contributed by atoms with van der Waals surface area (Å²) < 4.78 is 10.5. The van der Waals surface area contributed by atoms with E-state index >= 15 is 0 Å². The molecule has 1 aromatic rings. The predicted octanol–water partition coefficient (Wildman–Crippen LogP) is 0.571. The van der Waals surface area contributed by atoms with Crippen molar-refractivity contribution < 1.29 is 19.4 Å². The molecule has 5 nitrogen and oxygen atoms in total. The Balaban J connectivity index is 2.07. The summed E-state index contributed by atoms with van der Waals surface area (Å²) in [6.07, 6.45) is 0. The van der Waals surface area contributed by atoms with E-state index in [0.29, 0.717) is 31.1 Å². The van der Waals surface area contributed by atoms with E-state index in [1.54, 1.807) is 19.2 Å². The van der Waals surface area contributed by atoms with E-state index in [1.165, 1.54) is 0 Å². The predicted molar refractivity (Wildman–Crippen MR) is 70.6 cm³/mol. The third-order valence-corrected chi connectivity index (χ3v) is 3.31. The van der Waals surface area contributed by atoms with E-state index in [9.17, 15) is 9.90 Å². The first-order valence-electron chi connectivity index (χ1n) is 6.35. The highest BCUT2D eigenvalue weighted by molar-refractivity contribution is 6.00. The van der Waals surface area contributed by atoms with Gasteiger partial charge in [0.05, 0.1) is 45.1 Å². The second kappa shape index (κ2) is 6.65. The first-order valence-corrected chi connectivity index (χ1v) is 6.35. The minimum Gasteiger partial charge on any atom is -0.496 e. The second-order valence-corrected chi connectivity index (χ2v) is 4.51. The first-order chi connectivity index (χ1) is 9.26. The summed E-state index contributed by atoms with van der Waals surface area (Å²) in [5.74, 6) is 0.583. The number of hydrogen-bond donors (Lipinski definition) is 1. The van der Waals surface area contributed by atoms with Crippen molar-refractivity contribution in [3.63, 3.8) is 0 Å². The molecule has 19 heavy (non-hydrogen) atoms. The number of carbonyl (C=O) groups excluding carboxylic acids is 1. The Labute approximate surface area is 112 Å². The zero-order valence-corrected chi connectivity index (χ0v) is 11.0. The van der Waals surface area contributed by atoms with E-state index in [-0.39, 0.29) is 25.0 Å². The Morgan fingerprint density at radius 1 is 1.53 bits per heavy atom. The highest BCUT2D eigenvalue weighted by Crippen LogP contribution is 2.19. The number of ether oxygens (including phenoxy) is 2. The number of rotatable bonds is 5. The van der Waals surface area contributed by atoms with Crippen LogP contribution in [0.2, 0.25) is 0 Å². The molecule has 1 heterocycles. The molecule has 1 aromatic carbocycles. The number of hydrogen-bond acceptors (Lipinski definition) is 5. The van der Waals surface area contributed by atoms with Gasteiger partial charge in [-0.05, 0) is 12.1 Å². The molecular formula is C14H19NO4. The number of aliphatic hydroxyl groups excluding tert-OH is 1. The molecule has 2 rings (SSSR count). The molecule has 0 bridgehead atoms. The maximum atomic E-state index is 12.3. The lowest BCUT2D eigenvalue weighted by Gasteiger charge is -2.33. The maximum absolute atomic E-state index is 12.3. The normalized spacial score (nSPS) is 20.2. The van der Waals surface area contributed by atoms with Crippen molar-refractivity contribution >= 4 is 5.78 Å². The topological polar surface area (TPSA) is 59.0 Å². The molecule has 0 saturated carbocycles. The van der Waals surface area contributed by atoms with Gasteiger partial charge in [-0.2, -0.15) is 0 Å². The Hall–Kier alpha value is -1.43. The number of para-hydroxylation sites is 1. The van der Waals surface area contributed by atoms with Crippen LogP contribution in [-0.2, 0) is 4.74 Å². The van der Waals surface area contributed by atoms with Crippen LogP contribution in [-0.4, -0.2) is 61.9 Å². The first kappa shape index (κ1) is 14.0. The zero-order valence-electron chi connectivity index (χ0n) is 11.0. The molecule has 0 aliphatic carbocycles. The molecule has 0 radical (unpaired) electrons. The minimum atomic E-state index is -0.104. The summed E-state index contributed by atoms with van der Waals surface area (Å²) in [6.45, 7) is 1.99. The number of Topliss-reactive ketones (excluding diaryl/α,β-unsaturated/α-hetero) is 1. The highest BCUT2D eigenvalue weighted by atomic mass is 16.5. The van der Waals surface area contributed by atoms with Crippen LogP contribution in [0.5, 0.6) is 5.75 Å². The average Bonchev–Trinajstić information content (AvgIpc) is 2.47. The fourth-order valence-corrected chi connectivity index (χ4v) is 2.21. The smallest absolute Gasteiger partial charge is 0.180 e. The molecule has 0 spiro atoms. The van der Waals surface area contributed by atoms with Crippen molar-refractivity contribution in [1.82, 2.24) is 4.90 Å². The highest BCUT2D eigenvalue weighted by Gasteiger charge is 2.25. The van der Waals surface area contributed by atoms with Gasteiger partial charge in [0, 0.05) is 6.54 Å². The van der Waals surface area contributed by atoms with Gasteiger partial charge >= 0.3 is 0 Å². The quantitative estimate of drug-likeness (QED) is 0.789. The maximum Gasteiger partial charge on any atom is 0.180 e. The van der Waals surface area contributed by atoms with E-state index in [4.69, 9.17) is 9.47 Å². The molecule has 1 aliphatic rings. The van der Waals surface area contributed by atoms with Crippen LogP contribution in [0.25, 0.3) is 0 Å². The van der Waals surface area contributed by atoms with Gasteiger partial charge in [0.25, 0.3) is 0 Å². The molecule has 1 saturated heterocycles. The molecule has 1 unspecified atom stereocenters. The number of ketones is 1. The summed E-state index contributed by atoms with van der Waals surface area (Å²) in [5.41, 5.74) is 0.577. The summed E-state index contributed by atoms with van der Waals surface area (Å²) >= 11 is 0. The van der Waals surface area contributed by atoms with Crippen molar-refractivity contribution in [2.75, 3.05) is 40.0 Å². The molecule has 1 atom stereocenters. The van der Waals surface area contributed by atoms with Crippen molar-refractivity contribution in [2.24, 2.45) is 0 Å². The van der Waals surface area contributed by atoms with Crippen molar-refractivity contribution in [3.05, 3.63) is 29.8 Å². The van der Waals surface area contributed by atoms with Crippen LogP contribution in [0, 0.1) is 0 Å². The molecule has 1 N–H and O–H groups in total. The van der Waals surface area contributed by atoms with Gasteiger partial charge < -0.3 is 14.6 Å². The fourth-order valence-electron chi connectivity index (χ4n) is 2.21. The SMILES string of the molecule is COc1ccccc1C(=O)CN1CCOCC1CO. The van der Waals surface area contributed by atoms with Crippen LogP contribution in [0.3, 0.4) is 0 Å². The number of aliphatic hydroxyl groups is 1. The second-order valence-electron chi connectivity index (χ2n) is 4.51. The molecule has 1 aliphatic heterocycles. The molecule has 1 fully saturated rings. The van der Waals surface area contributed by atoms with Gasteiger partial charge in [0.15, 0.2) is 5.78 Å². The van der Waals surface area contributed by atoms with Gasteiger partial charge in [-0.25, -0.2) is 0 Å². The van der Waals surface area contributed by atoms with Gasteiger partial charge in [-0.1, -0.05) is 12.1 Å². The summed E-state index contributed by atoms with van der Waals surface area (Å²) in [7, 11) is 1.55. The Morgan fingerprint density at radius 2 is 2.32 bits per heavy atom. The zero-order chi connectivity index (χ0) is 13.7. The summed E-state index contributed by atoms with van der Waals surface area (Å²) in [6, 6.07) is 7.08. The van der Waals surface area contributed by atoms with Crippen LogP contribution in [0.15, 0.2) is 24.3 Å². The molecule has 0 aromatic heterocycles. The molecular weight excluding hydrogens is 246 g/mol. The van der Waals surface area contributed by atoms with E-state index < -0.39 is 0 Å². The summed E-state index contributed by atoms with van der Waals surface area (Å²) in [4.78, 5) is 14.3. The average molecular weight is 265 g/mol. The Bertz CT molecular complexity index is 435. The summed E-state index contributed by atoms with van der Waals surface area (Å²) in [5, 5.41) is 9.29. The lowest BCUT2D eigenvalue weighted by molar-refractivity contribution is -0.0240. The third kappa shape index (κ3) is 3.32. The number of methoxy groups -OCH3 is 1. The minimum absolute atomic E-state index is 0.000789. The number of carbonyl (C=O) groups is 1.